The van der Waals surface area contributed by atoms with Crippen molar-refractivity contribution in [1.82, 2.24) is 4.90 Å². The molecule has 1 aliphatic rings. The normalized spacial score (nSPS) is 26.1. The van der Waals surface area contributed by atoms with Crippen molar-refractivity contribution in [3.05, 3.63) is 0 Å². The Balaban J connectivity index is 2.44. The summed E-state index contributed by atoms with van der Waals surface area (Å²) in [5, 5.41) is 0. The molecule has 1 heterocycles. The van der Waals surface area contributed by atoms with Gasteiger partial charge in [0, 0.05) is 12.5 Å². The summed E-state index contributed by atoms with van der Waals surface area (Å²) in [7, 11) is 1.82. The second-order valence-corrected chi connectivity index (χ2v) is 3.36. The van der Waals surface area contributed by atoms with E-state index in [-0.39, 0.29) is 18.7 Å². The first-order valence-corrected chi connectivity index (χ1v) is 4.09. The summed E-state index contributed by atoms with van der Waals surface area (Å²) in [6.07, 6.45) is 1.15. The number of nitrogens with zero attached hydrogens (tertiary/aromatic N) is 1. The van der Waals surface area contributed by atoms with Crippen molar-refractivity contribution in [3.8, 4) is 0 Å². The molecule has 1 rings (SSSR count). The van der Waals surface area contributed by atoms with Gasteiger partial charge in [0.1, 0.15) is 0 Å². The fourth-order valence-corrected chi connectivity index (χ4v) is 1.60. The van der Waals surface area contributed by atoms with Crippen LogP contribution in [0.2, 0.25) is 0 Å². The lowest BCUT2D eigenvalue weighted by molar-refractivity contribution is -0.131. The molecule has 0 N–H and O–H groups in total. The fraction of sp³-hybridized carbons (Fsp3) is 0.875. The molecule has 0 radical (unpaired) electrons. The minimum atomic E-state index is -3.14. The monoisotopic (exact) mass is 177 g/mol. The van der Waals surface area contributed by atoms with E-state index in [0.717, 1.165) is 19.4 Å². The summed E-state index contributed by atoms with van der Waals surface area (Å²) in [5.74, 6) is -3.14. The Morgan fingerprint density at radius 2 is 2.33 bits per heavy atom. The van der Waals surface area contributed by atoms with Crippen molar-refractivity contribution >= 4 is 6.29 Å². The molecule has 0 aliphatic carbocycles. The highest BCUT2D eigenvalue weighted by molar-refractivity contribution is 5.59. The summed E-state index contributed by atoms with van der Waals surface area (Å²) in [6, 6.07) is -0.120. The molecule has 2 nitrogen and oxygen atoms in total. The van der Waals surface area contributed by atoms with Gasteiger partial charge in [-0.2, -0.15) is 8.78 Å². The summed E-state index contributed by atoms with van der Waals surface area (Å²) >= 11 is 0. The molecule has 0 saturated carbocycles. The van der Waals surface area contributed by atoms with Crippen LogP contribution in [0.15, 0.2) is 0 Å². The molecule has 1 fully saturated rings. The molecular weight excluding hydrogens is 164 g/mol. The quantitative estimate of drug-likeness (QED) is 0.606. The Hall–Kier alpha value is -0.510. The SMILES string of the molecule is CN1CCCC1CC(F)(F)C=O. The molecule has 1 atom stereocenters. The number of carbonyl (C=O) groups is 1. The van der Waals surface area contributed by atoms with E-state index < -0.39 is 5.92 Å². The molecule has 0 aromatic rings. The predicted octanol–water partition coefficient (Wildman–Crippen LogP) is 1.30. The van der Waals surface area contributed by atoms with Crippen LogP contribution in [0, 0.1) is 0 Å². The van der Waals surface area contributed by atoms with Gasteiger partial charge in [0.2, 0.25) is 0 Å². The van der Waals surface area contributed by atoms with Gasteiger partial charge in [-0.3, -0.25) is 4.79 Å². The van der Waals surface area contributed by atoms with Crippen molar-refractivity contribution < 1.29 is 13.6 Å². The second-order valence-electron chi connectivity index (χ2n) is 3.36. The Morgan fingerprint density at radius 3 is 2.75 bits per heavy atom. The van der Waals surface area contributed by atoms with Crippen LogP contribution in [0.25, 0.3) is 0 Å². The first-order chi connectivity index (χ1) is 5.55. The molecule has 1 unspecified atom stereocenters. The smallest absolute Gasteiger partial charge is 0.303 e. The number of alkyl halides is 2. The lowest BCUT2D eigenvalue weighted by Gasteiger charge is -2.21. The van der Waals surface area contributed by atoms with E-state index in [9.17, 15) is 13.6 Å². The topological polar surface area (TPSA) is 20.3 Å². The summed E-state index contributed by atoms with van der Waals surface area (Å²) in [5.41, 5.74) is 0. The van der Waals surface area contributed by atoms with Crippen molar-refractivity contribution in [1.29, 1.82) is 0 Å². The fourth-order valence-electron chi connectivity index (χ4n) is 1.60. The lowest BCUT2D eigenvalue weighted by Crippen LogP contribution is -2.33. The molecule has 4 heteroatoms. The summed E-state index contributed by atoms with van der Waals surface area (Å²) < 4.78 is 25.2. The van der Waals surface area contributed by atoms with Gasteiger partial charge in [0.25, 0.3) is 0 Å². The third-order valence-corrected chi connectivity index (χ3v) is 2.35. The molecular formula is C8H13F2NO. The van der Waals surface area contributed by atoms with Crippen LogP contribution in [0.1, 0.15) is 19.3 Å². The zero-order valence-corrected chi connectivity index (χ0v) is 7.09. The molecule has 0 amide bonds. The Kier molecular flexibility index (Phi) is 2.77. The lowest BCUT2D eigenvalue weighted by atomic mass is 10.1. The van der Waals surface area contributed by atoms with Gasteiger partial charge < -0.3 is 4.90 Å². The van der Waals surface area contributed by atoms with E-state index in [1.807, 2.05) is 11.9 Å². The van der Waals surface area contributed by atoms with Crippen LogP contribution < -0.4 is 0 Å². The van der Waals surface area contributed by atoms with Gasteiger partial charge in [-0.25, -0.2) is 0 Å². The number of aldehydes is 1. The Labute approximate surface area is 70.5 Å². The molecule has 0 aromatic carbocycles. The minimum Gasteiger partial charge on any atom is -0.303 e. The Morgan fingerprint density at radius 1 is 1.67 bits per heavy atom. The number of halogens is 2. The van der Waals surface area contributed by atoms with Gasteiger partial charge in [0.15, 0.2) is 6.29 Å². The zero-order chi connectivity index (χ0) is 9.19. The Bertz CT molecular complexity index is 172. The van der Waals surface area contributed by atoms with E-state index in [2.05, 4.69) is 0 Å². The highest BCUT2D eigenvalue weighted by Gasteiger charge is 2.35. The maximum Gasteiger partial charge on any atom is 0.303 e. The van der Waals surface area contributed by atoms with Crippen molar-refractivity contribution in [2.45, 2.75) is 31.2 Å². The van der Waals surface area contributed by atoms with Crippen LogP contribution >= 0.6 is 0 Å². The van der Waals surface area contributed by atoms with E-state index in [4.69, 9.17) is 0 Å². The van der Waals surface area contributed by atoms with Crippen molar-refractivity contribution in [3.63, 3.8) is 0 Å². The third-order valence-electron chi connectivity index (χ3n) is 2.35. The minimum absolute atomic E-state index is 0.120. The molecule has 12 heavy (non-hydrogen) atoms. The average Bonchev–Trinajstić information content (AvgIpc) is 2.36. The zero-order valence-electron chi connectivity index (χ0n) is 7.09. The van der Waals surface area contributed by atoms with Gasteiger partial charge >= 0.3 is 5.92 Å². The van der Waals surface area contributed by atoms with Crippen LogP contribution in [-0.4, -0.2) is 36.7 Å². The van der Waals surface area contributed by atoms with Gasteiger partial charge in [-0.05, 0) is 26.4 Å². The molecule has 0 aromatic heterocycles. The molecule has 1 aliphatic heterocycles. The van der Waals surface area contributed by atoms with Crippen LogP contribution in [0.5, 0.6) is 0 Å². The van der Waals surface area contributed by atoms with Crippen LogP contribution in [0.4, 0.5) is 8.78 Å². The summed E-state index contributed by atoms with van der Waals surface area (Å²) in [6.45, 7) is 0.861. The number of likely N-dealkylation sites (tertiary alicyclic amines) is 1. The van der Waals surface area contributed by atoms with Crippen LogP contribution in [-0.2, 0) is 4.79 Å². The molecule has 0 bridgehead atoms. The van der Waals surface area contributed by atoms with Crippen LogP contribution in [0.3, 0.4) is 0 Å². The van der Waals surface area contributed by atoms with E-state index >= 15 is 0 Å². The molecule has 0 spiro atoms. The van der Waals surface area contributed by atoms with Gasteiger partial charge in [0.05, 0.1) is 0 Å². The maximum atomic E-state index is 12.6. The highest BCUT2D eigenvalue weighted by atomic mass is 19.3. The van der Waals surface area contributed by atoms with Gasteiger partial charge in [-0.15, -0.1) is 0 Å². The molecule has 1 saturated heterocycles. The third kappa shape index (κ3) is 2.24. The van der Waals surface area contributed by atoms with Gasteiger partial charge in [-0.1, -0.05) is 0 Å². The first kappa shape index (κ1) is 9.58. The van der Waals surface area contributed by atoms with E-state index in [1.165, 1.54) is 0 Å². The summed E-state index contributed by atoms with van der Waals surface area (Å²) in [4.78, 5) is 11.8. The van der Waals surface area contributed by atoms with E-state index in [0.29, 0.717) is 0 Å². The largest absolute Gasteiger partial charge is 0.303 e. The van der Waals surface area contributed by atoms with E-state index in [1.54, 1.807) is 0 Å². The number of carbonyl (C=O) groups excluding carboxylic acids is 1. The number of hydrogen-bond donors (Lipinski definition) is 0. The highest BCUT2D eigenvalue weighted by Crippen LogP contribution is 2.26. The van der Waals surface area contributed by atoms with Crippen molar-refractivity contribution in [2.24, 2.45) is 0 Å². The predicted molar refractivity (Wildman–Crippen MR) is 41.3 cm³/mol. The number of rotatable bonds is 3. The second kappa shape index (κ2) is 3.47. The number of hydrogen-bond acceptors (Lipinski definition) is 2. The molecule has 70 valence electrons. The first-order valence-electron chi connectivity index (χ1n) is 4.09. The van der Waals surface area contributed by atoms with Crippen molar-refractivity contribution in [2.75, 3.05) is 13.6 Å². The average molecular weight is 177 g/mol. The maximum absolute atomic E-state index is 12.6. The standard InChI is InChI=1S/C8H13F2NO/c1-11-4-2-3-7(11)5-8(9,10)6-12/h6-7H,2-5H2,1H3.